The molecule has 7 fully saturated rings. The van der Waals surface area contributed by atoms with Crippen LogP contribution in [0.5, 0.6) is 0 Å². The number of rotatable bonds is 12. The van der Waals surface area contributed by atoms with E-state index in [4.69, 9.17) is 28.4 Å². The van der Waals surface area contributed by atoms with Crippen molar-refractivity contribution in [1.29, 1.82) is 0 Å². The Hall–Kier alpha value is -0.980. The van der Waals surface area contributed by atoms with Gasteiger partial charge in [0.1, 0.15) is 67.1 Å². The minimum absolute atomic E-state index is 0.0861. The summed E-state index contributed by atoms with van der Waals surface area (Å²) >= 11 is 0. The first-order valence-electron chi connectivity index (χ1n) is 24.3. The maximum absolute atomic E-state index is 12.7. The molecule has 0 aromatic rings. The van der Waals surface area contributed by atoms with Crippen LogP contribution in [0.1, 0.15) is 114 Å². The summed E-state index contributed by atoms with van der Waals surface area (Å²) in [5.74, 6) is -1.12. The molecule has 3 saturated heterocycles. The van der Waals surface area contributed by atoms with Crippen LogP contribution in [0.4, 0.5) is 0 Å². The summed E-state index contributed by atoms with van der Waals surface area (Å²) < 4.78 is 38.1. The van der Waals surface area contributed by atoms with Gasteiger partial charge in [0.25, 0.3) is 0 Å². The van der Waals surface area contributed by atoms with Crippen LogP contribution in [0.25, 0.3) is 0 Å². The predicted molar refractivity (Wildman–Crippen MR) is 234 cm³/mol. The van der Waals surface area contributed by atoms with Gasteiger partial charge >= 0.3 is 0 Å². The van der Waals surface area contributed by atoms with Crippen molar-refractivity contribution in [3.63, 3.8) is 0 Å². The highest BCUT2D eigenvalue weighted by Gasteiger charge is 2.74. The van der Waals surface area contributed by atoms with Gasteiger partial charge in [-0.25, -0.2) is 0 Å². The predicted octanol–water partition coefficient (Wildman–Crippen LogP) is -0.0284. The Morgan fingerprint density at radius 3 is 1.89 bits per heavy atom. The van der Waals surface area contributed by atoms with Gasteiger partial charge in [0.05, 0.1) is 43.2 Å². The van der Waals surface area contributed by atoms with Gasteiger partial charge in [-0.2, -0.15) is 0 Å². The summed E-state index contributed by atoms with van der Waals surface area (Å²) in [5, 5.41) is 132. The highest BCUT2D eigenvalue weighted by Crippen LogP contribution is 2.76. The first-order valence-corrected chi connectivity index (χ1v) is 24.3. The molecule has 4 aliphatic carbocycles. The van der Waals surface area contributed by atoms with E-state index in [0.717, 1.165) is 5.57 Å². The van der Waals surface area contributed by atoms with Crippen LogP contribution in [0.2, 0.25) is 0 Å². The first-order chi connectivity index (χ1) is 30.7. The maximum atomic E-state index is 12.7. The molecule has 0 spiro atoms. The molecule has 0 unspecified atom stereocenters. The normalized spacial score (nSPS) is 53.5. The van der Waals surface area contributed by atoms with E-state index in [1.54, 1.807) is 0 Å². The van der Waals surface area contributed by atoms with Crippen molar-refractivity contribution in [2.45, 2.75) is 230 Å². The van der Waals surface area contributed by atoms with Crippen molar-refractivity contribution in [1.82, 2.24) is 0 Å². The van der Waals surface area contributed by atoms with E-state index in [2.05, 4.69) is 26.8 Å². The van der Waals surface area contributed by atoms with Gasteiger partial charge in [0.2, 0.25) is 0 Å². The van der Waals surface area contributed by atoms with E-state index in [9.17, 15) is 61.3 Å². The van der Waals surface area contributed by atoms with E-state index in [1.165, 1.54) is 6.92 Å². The average Bonchev–Trinajstić information content (AvgIpc) is 3.64. The minimum atomic E-state index is -1.75. The number of ether oxygens (including phenoxy) is 6. The second-order valence-electron chi connectivity index (χ2n) is 23.0. The Morgan fingerprint density at radius 2 is 1.27 bits per heavy atom. The number of fused-ring (bicyclic) bond motifs is 5. The second kappa shape index (κ2) is 19.2. The molecule has 26 atom stereocenters. The van der Waals surface area contributed by atoms with Gasteiger partial charge in [0.15, 0.2) is 18.9 Å². The molecule has 0 amide bonds. The Bertz CT molecular complexity index is 1700. The number of aliphatic hydroxyl groups excluding tert-OH is 12. The zero-order valence-corrected chi connectivity index (χ0v) is 40.2. The van der Waals surface area contributed by atoms with Crippen LogP contribution < -0.4 is 0 Å². The average molecular weight is 947 g/mol. The standard InChI is InChI=1S/C48H82O18/c1-21(2)11-10-14-48(9,66-42-38(60)35(57)32(54)26(19-49)63-42)23-12-16-46(7)30(23)24(51)17-28-45(6)15-13-29(52)44(4,5)40(45)25(18-47(28,46)8)62-43-39(36(58)33(55)27(20-50)64-43)65-41-37(59)34(56)31(53)22(3)61-41/h11,22-43,49-60H,10,12-20H2,1-9H3/t22-,23+,24-,25+,26-,27-,28-,29+,30+,31-,32-,33-,34+,35+,36+,37+,38-,39-,40+,41+,42+,43+,45-,46-,47-,48+/m1/s1. The quantitative estimate of drug-likeness (QED) is 0.0904. The minimum Gasteiger partial charge on any atom is -0.394 e. The van der Waals surface area contributed by atoms with E-state index < -0.39 is 151 Å². The lowest BCUT2D eigenvalue weighted by molar-refractivity contribution is -0.382. The van der Waals surface area contributed by atoms with Crippen LogP contribution in [0.3, 0.4) is 0 Å². The Labute approximate surface area is 388 Å². The topological polar surface area (TPSA) is 298 Å². The van der Waals surface area contributed by atoms with Gasteiger partial charge in [0, 0.05) is 0 Å². The summed E-state index contributed by atoms with van der Waals surface area (Å²) in [6.45, 7) is 16.8. The maximum Gasteiger partial charge on any atom is 0.187 e. The molecule has 7 aliphatic rings. The molecule has 0 aromatic carbocycles. The fourth-order valence-electron chi connectivity index (χ4n) is 14.9. The second-order valence-corrected chi connectivity index (χ2v) is 23.0. The van der Waals surface area contributed by atoms with Crippen molar-refractivity contribution in [2.75, 3.05) is 13.2 Å². The third kappa shape index (κ3) is 8.69. The largest absolute Gasteiger partial charge is 0.394 e. The lowest BCUT2D eigenvalue weighted by Gasteiger charge is -2.72. The van der Waals surface area contributed by atoms with Crippen LogP contribution >= 0.6 is 0 Å². The fraction of sp³-hybridized carbons (Fsp3) is 0.958. The molecule has 18 heteroatoms. The molecule has 382 valence electrons. The van der Waals surface area contributed by atoms with E-state index in [-0.39, 0.29) is 23.7 Å². The molecule has 3 aliphatic heterocycles. The van der Waals surface area contributed by atoms with Gasteiger partial charge in [-0.05, 0) is 124 Å². The molecular weight excluding hydrogens is 865 g/mol. The lowest BCUT2D eigenvalue weighted by Crippen LogP contribution is -2.71. The summed E-state index contributed by atoms with van der Waals surface area (Å²) in [6.07, 6.45) is -18.3. The first kappa shape index (κ1) is 52.8. The molecular formula is C48H82O18. The van der Waals surface area contributed by atoms with Crippen molar-refractivity contribution in [3.8, 4) is 0 Å². The molecule has 0 bridgehead atoms. The Kier molecular flexibility index (Phi) is 15.4. The molecule has 3 heterocycles. The number of aliphatic hydroxyl groups is 12. The van der Waals surface area contributed by atoms with Crippen molar-refractivity contribution in [2.24, 2.45) is 45.3 Å². The molecule has 66 heavy (non-hydrogen) atoms. The zero-order valence-electron chi connectivity index (χ0n) is 40.2. The summed E-state index contributed by atoms with van der Waals surface area (Å²) in [4.78, 5) is 0. The number of hydrogen-bond donors (Lipinski definition) is 12. The van der Waals surface area contributed by atoms with Gasteiger partial charge in [-0.15, -0.1) is 0 Å². The van der Waals surface area contributed by atoms with Crippen molar-refractivity contribution in [3.05, 3.63) is 11.6 Å². The number of allylic oxidation sites excluding steroid dienone is 2. The Balaban J connectivity index is 1.27. The molecule has 7 rings (SSSR count). The Morgan fingerprint density at radius 1 is 0.682 bits per heavy atom. The third-order valence-corrected chi connectivity index (χ3v) is 18.7. The van der Waals surface area contributed by atoms with E-state index >= 15 is 0 Å². The summed E-state index contributed by atoms with van der Waals surface area (Å²) in [7, 11) is 0. The van der Waals surface area contributed by atoms with E-state index in [1.807, 2.05) is 34.6 Å². The summed E-state index contributed by atoms with van der Waals surface area (Å²) in [5.41, 5.74) is -2.43. The van der Waals surface area contributed by atoms with Gasteiger partial charge in [-0.3, -0.25) is 0 Å². The van der Waals surface area contributed by atoms with Crippen LogP contribution in [-0.4, -0.2) is 191 Å². The van der Waals surface area contributed by atoms with Crippen LogP contribution in [0, 0.1) is 45.3 Å². The van der Waals surface area contributed by atoms with E-state index in [0.29, 0.717) is 51.4 Å². The highest BCUT2D eigenvalue weighted by atomic mass is 16.8. The molecule has 18 nitrogen and oxygen atoms in total. The smallest absolute Gasteiger partial charge is 0.187 e. The SMILES string of the molecule is CC(C)=CCC[C@](C)(O[C@@H]1O[C@H](CO)[C@@H](O)[C@H](O)[C@H]1O)[C@H]1CC[C@]2(C)[C@@H]1[C@H](O)C[C@@H]1[C@@]3(C)CC[C@H](O)C(C)(C)[C@@H]3[C@@H](O[C@H]3O[C@H](CO)[C@@H](O)[C@H](O)[C@H]3O[C@@H]3O[C@H](C)[C@@H](O)[C@H](O)[C@@H]3O)C[C@]12C. The summed E-state index contributed by atoms with van der Waals surface area (Å²) in [6, 6.07) is 0. The van der Waals surface area contributed by atoms with Crippen molar-refractivity contribution >= 4 is 0 Å². The number of hydrogen-bond acceptors (Lipinski definition) is 18. The van der Waals surface area contributed by atoms with Gasteiger partial charge < -0.3 is 89.7 Å². The molecule has 0 radical (unpaired) electrons. The van der Waals surface area contributed by atoms with Crippen LogP contribution in [-0.2, 0) is 28.4 Å². The molecule has 0 aromatic heterocycles. The fourth-order valence-corrected chi connectivity index (χ4v) is 14.9. The third-order valence-electron chi connectivity index (χ3n) is 18.7. The monoisotopic (exact) mass is 947 g/mol. The van der Waals surface area contributed by atoms with Gasteiger partial charge in [-0.1, -0.05) is 46.3 Å². The van der Waals surface area contributed by atoms with Crippen LogP contribution in [0.15, 0.2) is 11.6 Å². The molecule has 4 saturated carbocycles. The van der Waals surface area contributed by atoms with Crippen molar-refractivity contribution < 1.29 is 89.7 Å². The lowest BCUT2D eigenvalue weighted by atomic mass is 9.34. The highest BCUT2D eigenvalue weighted by molar-refractivity contribution is 5.22. The zero-order chi connectivity index (χ0) is 48.8. The molecule has 12 N–H and O–H groups in total.